The van der Waals surface area contributed by atoms with Gasteiger partial charge in [-0.15, -0.1) is 0 Å². The van der Waals surface area contributed by atoms with Crippen LogP contribution in [0.3, 0.4) is 0 Å². The van der Waals surface area contributed by atoms with Gasteiger partial charge in [-0.3, -0.25) is 0 Å². The average molecular weight is 297 g/mol. The predicted octanol–water partition coefficient (Wildman–Crippen LogP) is 2.75. The number of likely N-dealkylation sites (tertiary alicyclic amines) is 1. The number of guanidine groups is 1. The summed E-state index contributed by atoms with van der Waals surface area (Å²) < 4.78 is 0. The standard InChI is InChI=1S/C17H23N5/c1-4-14-6-5-9-22(11-14)17-20-16(10-13(2)21(17)3)15-7-8-18-12-19-15/h7-8,10,12,14H,2,4-6,9,11H2,1,3H3. The van der Waals surface area contributed by atoms with Crippen LogP contribution in [0.25, 0.3) is 5.70 Å². The molecular weight excluding hydrogens is 274 g/mol. The minimum absolute atomic E-state index is 0.756. The SMILES string of the molecule is C=C1C=C(c2ccncn2)N=C(N2CCCC(CC)C2)N1C. The van der Waals surface area contributed by atoms with Gasteiger partial charge in [-0.2, -0.15) is 0 Å². The molecule has 2 aliphatic rings. The molecule has 22 heavy (non-hydrogen) atoms. The third-order valence-corrected chi connectivity index (χ3v) is 4.48. The summed E-state index contributed by atoms with van der Waals surface area (Å²) in [5, 5.41) is 0. The molecule has 1 aromatic heterocycles. The first-order valence-electron chi connectivity index (χ1n) is 7.93. The van der Waals surface area contributed by atoms with E-state index in [0.717, 1.165) is 42.1 Å². The molecule has 0 bridgehead atoms. The van der Waals surface area contributed by atoms with E-state index in [1.165, 1.54) is 19.3 Å². The summed E-state index contributed by atoms with van der Waals surface area (Å²) in [6, 6.07) is 1.89. The molecule has 0 saturated carbocycles. The fraction of sp³-hybridized carbons (Fsp3) is 0.471. The molecule has 1 saturated heterocycles. The number of aromatic nitrogens is 2. The molecule has 1 unspecified atom stereocenters. The highest BCUT2D eigenvalue weighted by Crippen LogP contribution is 2.26. The average Bonchev–Trinajstić information content (AvgIpc) is 2.58. The first-order valence-corrected chi connectivity index (χ1v) is 7.93. The van der Waals surface area contributed by atoms with Gasteiger partial charge < -0.3 is 9.80 Å². The van der Waals surface area contributed by atoms with E-state index in [1.807, 2.05) is 19.2 Å². The molecule has 3 heterocycles. The summed E-state index contributed by atoms with van der Waals surface area (Å²) in [5.41, 5.74) is 2.64. The van der Waals surface area contributed by atoms with Crippen molar-refractivity contribution >= 4 is 11.7 Å². The Hall–Kier alpha value is -2.17. The van der Waals surface area contributed by atoms with E-state index in [9.17, 15) is 0 Å². The van der Waals surface area contributed by atoms with Gasteiger partial charge in [-0.1, -0.05) is 19.9 Å². The molecule has 1 fully saturated rings. The van der Waals surface area contributed by atoms with Gasteiger partial charge in [0.15, 0.2) is 0 Å². The Morgan fingerprint density at radius 3 is 3.00 bits per heavy atom. The van der Waals surface area contributed by atoms with E-state index >= 15 is 0 Å². The van der Waals surface area contributed by atoms with Crippen LogP contribution in [0.5, 0.6) is 0 Å². The van der Waals surface area contributed by atoms with Crippen molar-refractivity contribution in [3.8, 4) is 0 Å². The first kappa shape index (κ1) is 14.8. The van der Waals surface area contributed by atoms with Crippen LogP contribution >= 0.6 is 0 Å². The summed E-state index contributed by atoms with van der Waals surface area (Å²) in [6.45, 7) is 8.56. The van der Waals surface area contributed by atoms with E-state index in [4.69, 9.17) is 4.99 Å². The smallest absolute Gasteiger partial charge is 0.206 e. The summed E-state index contributed by atoms with van der Waals surface area (Å²) in [6.07, 6.45) is 9.05. The van der Waals surface area contributed by atoms with Gasteiger partial charge in [-0.25, -0.2) is 15.0 Å². The summed E-state index contributed by atoms with van der Waals surface area (Å²) >= 11 is 0. The van der Waals surface area contributed by atoms with Crippen LogP contribution in [-0.4, -0.2) is 45.9 Å². The van der Waals surface area contributed by atoms with Crippen molar-refractivity contribution in [3.05, 3.63) is 42.6 Å². The lowest BCUT2D eigenvalue weighted by atomic mass is 9.96. The van der Waals surface area contributed by atoms with Crippen molar-refractivity contribution in [1.82, 2.24) is 19.8 Å². The highest BCUT2D eigenvalue weighted by molar-refractivity contribution is 5.90. The van der Waals surface area contributed by atoms with Crippen molar-refractivity contribution in [3.63, 3.8) is 0 Å². The molecular formula is C17H23N5. The third-order valence-electron chi connectivity index (χ3n) is 4.48. The Balaban J connectivity index is 1.90. The zero-order chi connectivity index (χ0) is 15.5. The van der Waals surface area contributed by atoms with Crippen LogP contribution in [0, 0.1) is 5.92 Å². The molecule has 0 N–H and O–H groups in total. The summed E-state index contributed by atoms with van der Waals surface area (Å²) in [7, 11) is 2.03. The maximum absolute atomic E-state index is 4.85. The number of aliphatic imine (C=N–C) groups is 1. The van der Waals surface area contributed by atoms with Gasteiger partial charge in [0.1, 0.15) is 6.33 Å². The van der Waals surface area contributed by atoms with Gasteiger partial charge in [0.05, 0.1) is 11.4 Å². The van der Waals surface area contributed by atoms with E-state index in [-0.39, 0.29) is 0 Å². The van der Waals surface area contributed by atoms with Gasteiger partial charge >= 0.3 is 0 Å². The number of rotatable bonds is 2. The van der Waals surface area contributed by atoms with E-state index in [0.29, 0.717) is 0 Å². The monoisotopic (exact) mass is 297 g/mol. The van der Waals surface area contributed by atoms with Crippen molar-refractivity contribution in [2.24, 2.45) is 10.9 Å². The number of likely N-dealkylation sites (N-methyl/N-ethyl adjacent to an activating group) is 1. The molecule has 0 amide bonds. The lowest BCUT2D eigenvalue weighted by molar-refractivity contribution is 0.236. The first-order chi connectivity index (χ1) is 10.7. The predicted molar refractivity (Wildman–Crippen MR) is 88.9 cm³/mol. The lowest BCUT2D eigenvalue weighted by Gasteiger charge is -2.39. The molecule has 2 aliphatic heterocycles. The maximum Gasteiger partial charge on any atom is 0.206 e. The minimum atomic E-state index is 0.756. The van der Waals surface area contributed by atoms with Crippen molar-refractivity contribution in [1.29, 1.82) is 0 Å². The number of hydrogen-bond acceptors (Lipinski definition) is 5. The number of piperidine rings is 1. The van der Waals surface area contributed by atoms with E-state index in [2.05, 4.69) is 33.3 Å². The second-order valence-electron chi connectivity index (χ2n) is 5.95. The lowest BCUT2D eigenvalue weighted by Crippen LogP contribution is -2.47. The van der Waals surface area contributed by atoms with Gasteiger partial charge in [0.25, 0.3) is 0 Å². The highest BCUT2D eigenvalue weighted by Gasteiger charge is 2.26. The fourth-order valence-corrected chi connectivity index (χ4v) is 3.03. The molecule has 3 rings (SSSR count). The van der Waals surface area contributed by atoms with Crippen LogP contribution < -0.4 is 0 Å². The number of nitrogens with zero attached hydrogens (tertiary/aromatic N) is 5. The quantitative estimate of drug-likeness (QED) is 0.842. The van der Waals surface area contributed by atoms with Crippen molar-refractivity contribution in [2.45, 2.75) is 26.2 Å². The molecule has 116 valence electrons. The fourth-order valence-electron chi connectivity index (χ4n) is 3.03. The maximum atomic E-state index is 4.85. The van der Waals surface area contributed by atoms with Crippen LogP contribution in [0.1, 0.15) is 31.9 Å². The molecule has 5 nitrogen and oxygen atoms in total. The minimum Gasteiger partial charge on any atom is -0.342 e. The molecule has 1 aromatic rings. The molecule has 5 heteroatoms. The Bertz CT molecular complexity index is 605. The Morgan fingerprint density at radius 1 is 1.41 bits per heavy atom. The zero-order valence-corrected chi connectivity index (χ0v) is 13.4. The topological polar surface area (TPSA) is 44.6 Å². The molecule has 0 aliphatic carbocycles. The second-order valence-corrected chi connectivity index (χ2v) is 5.95. The zero-order valence-electron chi connectivity index (χ0n) is 13.4. The van der Waals surface area contributed by atoms with Crippen molar-refractivity contribution in [2.75, 3.05) is 20.1 Å². The second kappa shape index (κ2) is 6.30. The van der Waals surface area contributed by atoms with Crippen LogP contribution in [0.2, 0.25) is 0 Å². The van der Waals surface area contributed by atoms with E-state index in [1.54, 1.807) is 12.5 Å². The van der Waals surface area contributed by atoms with Gasteiger partial charge in [-0.05, 0) is 30.9 Å². The number of allylic oxidation sites excluding steroid dienone is 1. The Morgan fingerprint density at radius 2 is 2.27 bits per heavy atom. The Kier molecular flexibility index (Phi) is 4.22. The third kappa shape index (κ3) is 2.89. The normalized spacial score (nSPS) is 22.5. The van der Waals surface area contributed by atoms with Gasteiger partial charge in [0.2, 0.25) is 5.96 Å². The highest BCUT2D eigenvalue weighted by atomic mass is 15.4. The van der Waals surface area contributed by atoms with Crippen LogP contribution in [0.4, 0.5) is 0 Å². The summed E-state index contributed by atoms with van der Waals surface area (Å²) in [5.74, 6) is 1.74. The molecule has 0 radical (unpaired) electrons. The van der Waals surface area contributed by atoms with Crippen molar-refractivity contribution < 1.29 is 0 Å². The molecule has 1 atom stereocenters. The molecule has 0 spiro atoms. The summed E-state index contributed by atoms with van der Waals surface area (Å²) in [4.78, 5) is 17.6. The van der Waals surface area contributed by atoms with Gasteiger partial charge in [0, 0.05) is 32.0 Å². The van der Waals surface area contributed by atoms with Crippen LogP contribution in [0.15, 0.2) is 41.9 Å². The van der Waals surface area contributed by atoms with E-state index < -0.39 is 0 Å². The Labute approximate surface area is 132 Å². The van der Waals surface area contributed by atoms with Crippen LogP contribution in [-0.2, 0) is 0 Å². The largest absolute Gasteiger partial charge is 0.342 e. The molecule has 0 aromatic carbocycles. The number of hydrogen-bond donors (Lipinski definition) is 0.